The number of benzene rings is 1. The first-order chi connectivity index (χ1) is 12.7. The number of halogens is 3. The number of carbonyl (C=O) groups excluding carboxylic acids is 1. The normalized spacial score (nSPS) is 27.8. The zero-order chi connectivity index (χ0) is 19.8. The molecule has 1 aliphatic carbocycles. The van der Waals surface area contributed by atoms with Crippen molar-refractivity contribution in [3.05, 3.63) is 24.3 Å². The molecule has 3 rings (SSSR count). The van der Waals surface area contributed by atoms with Crippen LogP contribution >= 0.6 is 0 Å². The number of hydrazone groups is 1. The highest BCUT2D eigenvalue weighted by Crippen LogP contribution is 2.49. The average Bonchev–Trinajstić information content (AvgIpc) is 2.94. The summed E-state index contributed by atoms with van der Waals surface area (Å²) in [5.74, 6) is -1.43. The van der Waals surface area contributed by atoms with Crippen LogP contribution in [0.25, 0.3) is 0 Å². The number of nitrogens with zero attached hydrogens (tertiary/aromatic N) is 2. The van der Waals surface area contributed by atoms with Crippen LogP contribution in [0, 0.1) is 11.8 Å². The van der Waals surface area contributed by atoms with E-state index in [2.05, 4.69) is 5.10 Å². The summed E-state index contributed by atoms with van der Waals surface area (Å²) >= 11 is 0. The monoisotopic (exact) mass is 386 g/mol. The van der Waals surface area contributed by atoms with E-state index in [1.54, 1.807) is 12.1 Å². The van der Waals surface area contributed by atoms with Crippen LogP contribution in [-0.2, 0) is 4.79 Å². The highest BCUT2D eigenvalue weighted by Gasteiger charge is 2.68. The van der Waals surface area contributed by atoms with Crippen molar-refractivity contribution in [1.82, 2.24) is 5.01 Å². The van der Waals surface area contributed by atoms with Gasteiger partial charge in [-0.2, -0.15) is 23.3 Å². The van der Waals surface area contributed by atoms with Crippen LogP contribution in [0.4, 0.5) is 13.2 Å². The zero-order valence-corrected chi connectivity index (χ0v) is 15.0. The smallest absolute Gasteiger partial charge is 0.439 e. The molecule has 0 saturated heterocycles. The van der Waals surface area contributed by atoms with E-state index in [1.807, 2.05) is 6.92 Å². The molecule has 1 saturated carbocycles. The fourth-order valence-electron chi connectivity index (χ4n) is 3.54. The van der Waals surface area contributed by atoms with E-state index in [-0.39, 0.29) is 28.8 Å². The third-order valence-electron chi connectivity index (χ3n) is 5.05. The van der Waals surface area contributed by atoms with Gasteiger partial charge in [0.1, 0.15) is 11.5 Å². The van der Waals surface area contributed by atoms with E-state index in [1.165, 1.54) is 19.2 Å². The van der Waals surface area contributed by atoms with Crippen molar-refractivity contribution >= 4 is 11.6 Å². The van der Waals surface area contributed by atoms with E-state index in [9.17, 15) is 23.1 Å². The summed E-state index contributed by atoms with van der Waals surface area (Å²) in [5.41, 5.74) is -3.12. The third kappa shape index (κ3) is 3.47. The van der Waals surface area contributed by atoms with E-state index in [0.717, 1.165) is 0 Å². The number of amides is 1. The molecule has 148 valence electrons. The number of hydrogen-bond acceptors (Lipinski definition) is 5. The van der Waals surface area contributed by atoms with Gasteiger partial charge in [-0.25, -0.2) is 0 Å². The molecular weight excluding hydrogens is 365 g/mol. The summed E-state index contributed by atoms with van der Waals surface area (Å²) in [6.07, 6.45) is -3.91. The summed E-state index contributed by atoms with van der Waals surface area (Å²) in [5, 5.41) is 14.5. The highest BCUT2D eigenvalue weighted by atomic mass is 19.4. The van der Waals surface area contributed by atoms with Crippen LogP contribution in [0.2, 0.25) is 0 Å². The van der Waals surface area contributed by atoms with Gasteiger partial charge < -0.3 is 14.6 Å². The minimum Gasteiger partial charge on any atom is -0.497 e. The van der Waals surface area contributed by atoms with Gasteiger partial charge in [-0.3, -0.25) is 4.79 Å². The first-order valence-corrected chi connectivity index (χ1v) is 8.63. The summed E-state index contributed by atoms with van der Waals surface area (Å²) < 4.78 is 51.4. The largest absolute Gasteiger partial charge is 0.497 e. The summed E-state index contributed by atoms with van der Waals surface area (Å²) in [4.78, 5) is 12.4. The highest BCUT2D eigenvalue weighted by molar-refractivity contribution is 5.93. The number of ether oxygens (including phenoxy) is 2. The molecule has 1 aromatic rings. The lowest BCUT2D eigenvalue weighted by atomic mass is 9.76. The fraction of sp³-hybridized carbons (Fsp3) is 0.556. The fourth-order valence-corrected chi connectivity index (χ4v) is 3.54. The molecule has 3 atom stereocenters. The van der Waals surface area contributed by atoms with E-state index >= 15 is 0 Å². The lowest BCUT2D eigenvalue weighted by Crippen LogP contribution is -2.62. The molecule has 0 radical (unpaired) electrons. The standard InChI is InChI=1S/C18H21F3N2O4/c1-11-3-8-15-14(9-11)17(25,18(19,20)21)23(22-15)16(24)10-27-13-6-4-12(26-2)5-7-13/h4-7,11,14,25H,3,8-10H2,1-2H3/t11-,14+,17+/m0/s1. The van der Waals surface area contributed by atoms with Crippen molar-refractivity contribution in [3.8, 4) is 11.5 Å². The zero-order valence-electron chi connectivity index (χ0n) is 15.0. The first-order valence-electron chi connectivity index (χ1n) is 8.63. The molecule has 0 bridgehead atoms. The van der Waals surface area contributed by atoms with Gasteiger partial charge in [0.25, 0.3) is 11.6 Å². The number of carbonyl (C=O) groups is 1. The maximum absolute atomic E-state index is 13.7. The number of alkyl halides is 3. The third-order valence-corrected chi connectivity index (χ3v) is 5.05. The van der Waals surface area contributed by atoms with Crippen molar-refractivity contribution in [2.45, 2.75) is 38.1 Å². The number of rotatable bonds is 4. The minimum absolute atomic E-state index is 0.00780. The lowest BCUT2D eigenvalue weighted by Gasteiger charge is -2.39. The number of fused-ring (bicyclic) bond motifs is 1. The molecule has 1 amide bonds. The van der Waals surface area contributed by atoms with Gasteiger partial charge in [-0.1, -0.05) is 6.92 Å². The van der Waals surface area contributed by atoms with Gasteiger partial charge in [-0.05, 0) is 49.4 Å². The molecule has 0 unspecified atom stereocenters. The van der Waals surface area contributed by atoms with Gasteiger partial charge in [0.2, 0.25) is 0 Å². The van der Waals surface area contributed by atoms with Gasteiger partial charge in [-0.15, -0.1) is 0 Å². The maximum Gasteiger partial charge on any atom is 0.439 e. The Labute approximate surface area is 154 Å². The molecule has 27 heavy (non-hydrogen) atoms. The summed E-state index contributed by atoms with van der Waals surface area (Å²) in [7, 11) is 1.49. The number of hydrogen-bond donors (Lipinski definition) is 1. The number of methoxy groups -OCH3 is 1. The molecule has 1 aliphatic heterocycles. The second-order valence-electron chi connectivity index (χ2n) is 6.92. The van der Waals surface area contributed by atoms with Crippen LogP contribution in [-0.4, -0.2) is 47.4 Å². The van der Waals surface area contributed by atoms with E-state index in [4.69, 9.17) is 9.47 Å². The summed E-state index contributed by atoms with van der Waals surface area (Å²) in [6, 6.07) is 6.24. The maximum atomic E-state index is 13.7. The van der Waals surface area contributed by atoms with Gasteiger partial charge in [0.05, 0.1) is 13.0 Å². The Morgan fingerprint density at radius 2 is 1.96 bits per heavy atom. The van der Waals surface area contributed by atoms with Gasteiger partial charge in [0.15, 0.2) is 6.61 Å². The van der Waals surface area contributed by atoms with Gasteiger partial charge in [0, 0.05) is 5.71 Å². The minimum atomic E-state index is -5.03. The Hall–Kier alpha value is -2.29. The molecule has 1 N–H and O–H groups in total. The molecule has 2 aliphatic rings. The van der Waals surface area contributed by atoms with Gasteiger partial charge >= 0.3 is 6.18 Å². The molecular formula is C18H21F3N2O4. The molecule has 0 aromatic heterocycles. The molecule has 6 nitrogen and oxygen atoms in total. The molecule has 9 heteroatoms. The van der Waals surface area contributed by atoms with Crippen LogP contribution in [0.5, 0.6) is 11.5 Å². The first kappa shape index (κ1) is 19.5. The van der Waals surface area contributed by atoms with Crippen molar-refractivity contribution < 1.29 is 32.5 Å². The average molecular weight is 386 g/mol. The Kier molecular flexibility index (Phi) is 5.07. The van der Waals surface area contributed by atoms with Crippen LogP contribution < -0.4 is 9.47 Å². The van der Waals surface area contributed by atoms with E-state index < -0.39 is 30.3 Å². The molecule has 1 aromatic carbocycles. The molecule has 1 fully saturated rings. The van der Waals surface area contributed by atoms with Crippen molar-refractivity contribution in [1.29, 1.82) is 0 Å². The molecule has 0 spiro atoms. The quantitative estimate of drug-likeness (QED) is 0.864. The topological polar surface area (TPSA) is 71.4 Å². The molecule has 1 heterocycles. The Morgan fingerprint density at radius 3 is 2.56 bits per heavy atom. The SMILES string of the molecule is COc1ccc(OCC(=O)N2N=C3CC[C@H](C)C[C@H]3[C@@]2(O)C(F)(F)F)cc1. The van der Waals surface area contributed by atoms with Crippen LogP contribution in [0.1, 0.15) is 26.2 Å². The van der Waals surface area contributed by atoms with Crippen molar-refractivity contribution in [2.75, 3.05) is 13.7 Å². The van der Waals surface area contributed by atoms with Crippen LogP contribution in [0.15, 0.2) is 29.4 Å². The summed E-state index contributed by atoms with van der Waals surface area (Å²) in [6.45, 7) is 1.15. The Morgan fingerprint density at radius 1 is 1.33 bits per heavy atom. The predicted molar refractivity (Wildman–Crippen MR) is 90.3 cm³/mol. The Balaban J connectivity index is 1.78. The van der Waals surface area contributed by atoms with Crippen LogP contribution in [0.3, 0.4) is 0 Å². The predicted octanol–water partition coefficient (Wildman–Crippen LogP) is 2.96. The van der Waals surface area contributed by atoms with Crippen molar-refractivity contribution in [3.63, 3.8) is 0 Å². The number of aliphatic hydroxyl groups is 1. The second-order valence-corrected chi connectivity index (χ2v) is 6.92. The second kappa shape index (κ2) is 7.03. The lowest BCUT2D eigenvalue weighted by molar-refractivity contribution is -0.318. The van der Waals surface area contributed by atoms with E-state index in [0.29, 0.717) is 18.6 Å². The Bertz CT molecular complexity index is 735. The van der Waals surface area contributed by atoms with Crippen molar-refractivity contribution in [2.24, 2.45) is 16.9 Å².